The van der Waals surface area contributed by atoms with Gasteiger partial charge in [-0.25, -0.2) is 13.2 Å². The van der Waals surface area contributed by atoms with Crippen LogP contribution in [0.1, 0.15) is 33.0 Å². The van der Waals surface area contributed by atoms with Crippen molar-refractivity contribution < 1.29 is 17.9 Å². The van der Waals surface area contributed by atoms with Crippen molar-refractivity contribution >= 4 is 27.1 Å². The smallest absolute Gasteiger partial charge is 0.337 e. The zero-order valence-electron chi connectivity index (χ0n) is 12.5. The molecule has 1 unspecified atom stereocenters. The topological polar surface area (TPSA) is 60.4 Å². The second kappa shape index (κ2) is 7.07. The molecule has 0 saturated heterocycles. The largest absolute Gasteiger partial charge is 0.465 e. The molecular weight excluding hydrogens is 320 g/mol. The van der Waals surface area contributed by atoms with Crippen molar-refractivity contribution in [3.05, 3.63) is 57.8 Å². The Bertz CT molecular complexity index is 716. The fourth-order valence-corrected chi connectivity index (χ4v) is 4.64. The molecule has 0 aliphatic heterocycles. The van der Waals surface area contributed by atoms with E-state index in [2.05, 4.69) is 4.74 Å². The van der Waals surface area contributed by atoms with Gasteiger partial charge in [-0.05, 0) is 42.5 Å². The Balaban J connectivity index is 2.01. The minimum atomic E-state index is -3.19. The van der Waals surface area contributed by atoms with E-state index in [-0.39, 0.29) is 5.75 Å². The summed E-state index contributed by atoms with van der Waals surface area (Å²) >= 11 is 1.46. The van der Waals surface area contributed by atoms with E-state index in [4.69, 9.17) is 0 Å². The summed E-state index contributed by atoms with van der Waals surface area (Å²) in [4.78, 5) is 12.2. The van der Waals surface area contributed by atoms with E-state index in [0.29, 0.717) is 12.0 Å². The lowest BCUT2D eigenvalue weighted by molar-refractivity contribution is 0.0600. The number of aryl methyl sites for hydroxylation is 1. The standard InChI is InChI=1S/C16H18O4S2/c1-12(15-4-3-10-21-15)22(18,19)11-9-13-5-7-14(8-6-13)16(17)20-2/h3-8,10,12H,9,11H2,1-2H3. The molecule has 4 nitrogen and oxygen atoms in total. The van der Waals surface area contributed by atoms with Gasteiger partial charge in [0.15, 0.2) is 9.84 Å². The Morgan fingerprint density at radius 2 is 1.91 bits per heavy atom. The summed E-state index contributed by atoms with van der Waals surface area (Å²) in [6.45, 7) is 1.72. The number of benzene rings is 1. The summed E-state index contributed by atoms with van der Waals surface area (Å²) in [5.74, 6) is -0.311. The fourth-order valence-electron chi connectivity index (χ4n) is 2.06. The first-order valence-electron chi connectivity index (χ1n) is 6.86. The minimum Gasteiger partial charge on any atom is -0.465 e. The monoisotopic (exact) mass is 338 g/mol. The van der Waals surface area contributed by atoms with Crippen LogP contribution in [0.5, 0.6) is 0 Å². The fraction of sp³-hybridized carbons (Fsp3) is 0.312. The molecule has 22 heavy (non-hydrogen) atoms. The number of carbonyl (C=O) groups is 1. The summed E-state index contributed by atoms with van der Waals surface area (Å²) in [6.07, 6.45) is 0.430. The van der Waals surface area contributed by atoms with Crippen LogP contribution in [0.25, 0.3) is 0 Å². The third-order valence-electron chi connectivity index (χ3n) is 3.53. The van der Waals surface area contributed by atoms with Crippen LogP contribution >= 0.6 is 11.3 Å². The molecule has 0 aliphatic carbocycles. The molecule has 0 N–H and O–H groups in total. The SMILES string of the molecule is COC(=O)c1ccc(CCS(=O)(=O)C(C)c2cccs2)cc1. The van der Waals surface area contributed by atoms with Gasteiger partial charge in [-0.2, -0.15) is 0 Å². The Morgan fingerprint density at radius 3 is 2.45 bits per heavy atom. The van der Waals surface area contributed by atoms with E-state index in [1.54, 1.807) is 31.2 Å². The number of hydrogen-bond donors (Lipinski definition) is 0. The Hall–Kier alpha value is -1.66. The molecule has 0 spiro atoms. The van der Waals surface area contributed by atoms with E-state index in [1.165, 1.54) is 18.4 Å². The van der Waals surface area contributed by atoms with Gasteiger partial charge in [0.2, 0.25) is 0 Å². The van der Waals surface area contributed by atoms with Crippen molar-refractivity contribution in [1.82, 2.24) is 0 Å². The zero-order valence-corrected chi connectivity index (χ0v) is 14.1. The van der Waals surface area contributed by atoms with Gasteiger partial charge in [-0.3, -0.25) is 0 Å². The molecule has 0 saturated carbocycles. The average molecular weight is 338 g/mol. The van der Waals surface area contributed by atoms with Gasteiger partial charge in [0.1, 0.15) is 0 Å². The first-order valence-corrected chi connectivity index (χ1v) is 9.46. The molecule has 0 aliphatic rings. The van der Waals surface area contributed by atoms with Gasteiger partial charge < -0.3 is 4.74 Å². The van der Waals surface area contributed by atoms with E-state index in [9.17, 15) is 13.2 Å². The summed E-state index contributed by atoms with van der Waals surface area (Å²) < 4.78 is 29.3. The third kappa shape index (κ3) is 3.96. The lowest BCUT2D eigenvalue weighted by Crippen LogP contribution is -2.15. The number of methoxy groups -OCH3 is 1. The summed E-state index contributed by atoms with van der Waals surface area (Å²) in [7, 11) is -1.87. The molecule has 0 radical (unpaired) electrons. The second-order valence-corrected chi connectivity index (χ2v) is 8.38. The van der Waals surface area contributed by atoms with Crippen LogP contribution in [0.15, 0.2) is 41.8 Å². The van der Waals surface area contributed by atoms with Crippen molar-refractivity contribution in [2.24, 2.45) is 0 Å². The van der Waals surface area contributed by atoms with Crippen LogP contribution in [0.3, 0.4) is 0 Å². The molecule has 1 aromatic heterocycles. The van der Waals surface area contributed by atoms with Gasteiger partial charge in [-0.15, -0.1) is 11.3 Å². The van der Waals surface area contributed by atoms with E-state index < -0.39 is 21.1 Å². The number of rotatable bonds is 6. The lowest BCUT2D eigenvalue weighted by Gasteiger charge is -2.11. The molecule has 0 fully saturated rings. The highest BCUT2D eigenvalue weighted by atomic mass is 32.2. The molecular formula is C16H18O4S2. The van der Waals surface area contributed by atoms with E-state index in [1.807, 2.05) is 17.5 Å². The van der Waals surface area contributed by atoms with Gasteiger partial charge in [0.05, 0.1) is 23.7 Å². The predicted molar refractivity (Wildman–Crippen MR) is 88.0 cm³/mol. The number of esters is 1. The molecule has 0 bridgehead atoms. The highest BCUT2D eigenvalue weighted by Gasteiger charge is 2.23. The van der Waals surface area contributed by atoms with Crippen molar-refractivity contribution in [3.8, 4) is 0 Å². The predicted octanol–water partition coefficient (Wildman–Crippen LogP) is 3.25. The van der Waals surface area contributed by atoms with Crippen molar-refractivity contribution in [2.45, 2.75) is 18.6 Å². The van der Waals surface area contributed by atoms with Gasteiger partial charge in [0.25, 0.3) is 0 Å². The maximum atomic E-state index is 12.4. The summed E-state index contributed by atoms with van der Waals surface area (Å²) in [6, 6.07) is 10.5. The van der Waals surface area contributed by atoms with E-state index >= 15 is 0 Å². The second-order valence-electron chi connectivity index (χ2n) is 4.96. The maximum Gasteiger partial charge on any atom is 0.337 e. The van der Waals surface area contributed by atoms with Crippen LogP contribution < -0.4 is 0 Å². The highest BCUT2D eigenvalue weighted by Crippen LogP contribution is 2.27. The highest BCUT2D eigenvalue weighted by molar-refractivity contribution is 7.91. The molecule has 2 rings (SSSR count). The van der Waals surface area contributed by atoms with Crippen LogP contribution in [-0.2, 0) is 21.0 Å². The molecule has 2 aromatic rings. The summed E-state index contributed by atoms with van der Waals surface area (Å²) in [5, 5.41) is 1.40. The van der Waals surface area contributed by atoms with Gasteiger partial charge in [-0.1, -0.05) is 18.2 Å². The first-order chi connectivity index (χ1) is 10.4. The number of hydrogen-bond acceptors (Lipinski definition) is 5. The van der Waals surface area contributed by atoms with Crippen LogP contribution in [0, 0.1) is 0 Å². The van der Waals surface area contributed by atoms with Crippen LogP contribution in [-0.4, -0.2) is 27.2 Å². The average Bonchev–Trinajstić information content (AvgIpc) is 3.06. The molecule has 1 heterocycles. The molecule has 1 aromatic carbocycles. The zero-order chi connectivity index (χ0) is 16.2. The number of sulfone groups is 1. The Kier molecular flexibility index (Phi) is 5.37. The number of ether oxygens (including phenoxy) is 1. The number of thiophene rings is 1. The van der Waals surface area contributed by atoms with Crippen molar-refractivity contribution in [3.63, 3.8) is 0 Å². The minimum absolute atomic E-state index is 0.0869. The Labute approximate surface area is 134 Å². The molecule has 6 heteroatoms. The van der Waals surface area contributed by atoms with Crippen molar-refractivity contribution in [2.75, 3.05) is 12.9 Å². The van der Waals surface area contributed by atoms with E-state index in [0.717, 1.165) is 10.4 Å². The Morgan fingerprint density at radius 1 is 1.23 bits per heavy atom. The molecule has 1 atom stereocenters. The number of carbonyl (C=O) groups excluding carboxylic acids is 1. The van der Waals surface area contributed by atoms with Crippen molar-refractivity contribution in [1.29, 1.82) is 0 Å². The quantitative estimate of drug-likeness (QED) is 0.759. The first kappa shape index (κ1) is 16.7. The van der Waals surface area contributed by atoms with Crippen LogP contribution in [0.2, 0.25) is 0 Å². The maximum absolute atomic E-state index is 12.4. The third-order valence-corrected chi connectivity index (χ3v) is 6.84. The van der Waals surface area contributed by atoms with Gasteiger partial charge in [0, 0.05) is 4.88 Å². The normalized spacial score (nSPS) is 12.8. The molecule has 118 valence electrons. The van der Waals surface area contributed by atoms with Gasteiger partial charge >= 0.3 is 5.97 Å². The molecule has 0 amide bonds. The summed E-state index contributed by atoms with van der Waals surface area (Å²) in [5.41, 5.74) is 1.34. The lowest BCUT2D eigenvalue weighted by atomic mass is 10.1. The van der Waals surface area contributed by atoms with Crippen LogP contribution in [0.4, 0.5) is 0 Å².